The maximum atomic E-state index is 12.9. The van der Waals surface area contributed by atoms with Gasteiger partial charge in [-0.3, -0.25) is 4.79 Å². The molecular formula is C23H19ClN4OS. The maximum Gasteiger partial charge on any atom is 0.253 e. The van der Waals surface area contributed by atoms with Crippen LogP contribution < -0.4 is 0 Å². The second kappa shape index (κ2) is 7.85. The molecule has 0 amide bonds. The predicted molar refractivity (Wildman–Crippen MR) is 118 cm³/mol. The standard InChI is InChI=1S/C23H19ClN4OS/c1-14-4-2-3-5-18(14)16-10-20-19(21(29)11-16)12-25-22-26-23(27-28(20)22)30-13-15-6-8-17(24)9-7-15/h2-9,12,16H,10-11,13H2,1H3. The molecule has 0 fully saturated rings. The molecule has 30 heavy (non-hydrogen) atoms. The molecule has 4 aromatic rings. The lowest BCUT2D eigenvalue weighted by atomic mass is 9.80. The van der Waals surface area contributed by atoms with Crippen LogP contribution in [0.15, 0.2) is 59.9 Å². The zero-order valence-corrected chi connectivity index (χ0v) is 18.0. The number of carbonyl (C=O) groups is 1. The van der Waals surface area contributed by atoms with E-state index in [0.29, 0.717) is 22.9 Å². The fraction of sp³-hybridized carbons (Fsp3) is 0.217. The maximum absolute atomic E-state index is 12.9. The van der Waals surface area contributed by atoms with Gasteiger partial charge in [-0.25, -0.2) is 4.98 Å². The van der Waals surface area contributed by atoms with E-state index in [1.807, 2.05) is 36.4 Å². The first-order chi connectivity index (χ1) is 14.6. The lowest BCUT2D eigenvalue weighted by Crippen LogP contribution is -2.23. The van der Waals surface area contributed by atoms with Crippen LogP contribution in [0.5, 0.6) is 0 Å². The lowest BCUT2D eigenvalue weighted by molar-refractivity contribution is 0.0962. The highest BCUT2D eigenvalue weighted by Gasteiger charge is 2.30. The SMILES string of the molecule is Cc1ccccc1C1CC(=O)c2cnc3nc(SCc4ccc(Cl)cc4)nn3c2C1. The van der Waals surface area contributed by atoms with Crippen LogP contribution in [-0.2, 0) is 12.2 Å². The van der Waals surface area contributed by atoms with E-state index in [4.69, 9.17) is 11.6 Å². The molecule has 1 aliphatic carbocycles. The van der Waals surface area contributed by atoms with Crippen LogP contribution in [0.1, 0.15) is 45.1 Å². The Labute approximate surface area is 183 Å². The Morgan fingerprint density at radius 1 is 1.13 bits per heavy atom. The van der Waals surface area contributed by atoms with Gasteiger partial charge in [-0.15, -0.1) is 5.10 Å². The molecule has 0 bridgehead atoms. The highest BCUT2D eigenvalue weighted by molar-refractivity contribution is 7.98. The van der Waals surface area contributed by atoms with Gasteiger partial charge in [0.15, 0.2) is 5.78 Å². The molecule has 0 aliphatic heterocycles. The first-order valence-electron chi connectivity index (χ1n) is 9.79. The molecule has 0 spiro atoms. The van der Waals surface area contributed by atoms with Gasteiger partial charge < -0.3 is 0 Å². The van der Waals surface area contributed by atoms with Crippen LogP contribution >= 0.6 is 23.4 Å². The number of rotatable bonds is 4. The fourth-order valence-corrected chi connectivity index (χ4v) is 4.88. The molecule has 1 unspecified atom stereocenters. The van der Waals surface area contributed by atoms with E-state index >= 15 is 0 Å². The third-order valence-electron chi connectivity index (χ3n) is 5.53. The van der Waals surface area contributed by atoms with Crippen LogP contribution in [-0.4, -0.2) is 25.4 Å². The summed E-state index contributed by atoms with van der Waals surface area (Å²) in [5.41, 5.74) is 5.13. The summed E-state index contributed by atoms with van der Waals surface area (Å²) < 4.78 is 1.75. The second-order valence-corrected chi connectivity index (χ2v) is 8.90. The van der Waals surface area contributed by atoms with E-state index in [2.05, 4.69) is 34.1 Å². The molecule has 0 saturated heterocycles. The zero-order chi connectivity index (χ0) is 20.7. The van der Waals surface area contributed by atoms with Gasteiger partial charge >= 0.3 is 0 Å². The molecule has 1 atom stereocenters. The van der Waals surface area contributed by atoms with Crippen molar-refractivity contribution in [3.63, 3.8) is 0 Å². The van der Waals surface area contributed by atoms with Gasteiger partial charge in [-0.05, 0) is 48.1 Å². The van der Waals surface area contributed by atoms with Crippen molar-refractivity contribution in [3.05, 3.63) is 87.7 Å². The molecule has 5 rings (SSSR count). The van der Waals surface area contributed by atoms with Gasteiger partial charge in [0.2, 0.25) is 5.16 Å². The van der Waals surface area contributed by atoms with E-state index in [1.54, 1.807) is 22.5 Å². The van der Waals surface area contributed by atoms with Crippen LogP contribution in [0.25, 0.3) is 5.78 Å². The number of benzene rings is 2. The van der Waals surface area contributed by atoms with Crippen molar-refractivity contribution < 1.29 is 4.79 Å². The molecule has 2 heterocycles. The Kier molecular flexibility index (Phi) is 5.05. The number of halogens is 1. The van der Waals surface area contributed by atoms with Crippen molar-refractivity contribution in [2.75, 3.05) is 0 Å². The summed E-state index contributed by atoms with van der Waals surface area (Å²) in [5, 5.41) is 6.04. The van der Waals surface area contributed by atoms with Gasteiger partial charge in [0, 0.05) is 23.4 Å². The Balaban J connectivity index is 1.46. The molecular weight excluding hydrogens is 416 g/mol. The topological polar surface area (TPSA) is 60.2 Å². The molecule has 5 nitrogen and oxygen atoms in total. The van der Waals surface area contributed by atoms with Crippen molar-refractivity contribution in [2.45, 2.75) is 36.6 Å². The molecule has 0 radical (unpaired) electrons. The van der Waals surface area contributed by atoms with E-state index in [-0.39, 0.29) is 11.7 Å². The Bertz CT molecular complexity index is 1250. The van der Waals surface area contributed by atoms with Crippen LogP contribution in [0, 0.1) is 6.92 Å². The van der Waals surface area contributed by atoms with Crippen molar-refractivity contribution in [3.8, 4) is 0 Å². The first-order valence-corrected chi connectivity index (χ1v) is 11.2. The number of aromatic nitrogens is 4. The Hall–Kier alpha value is -2.70. The number of ketones is 1. The summed E-state index contributed by atoms with van der Waals surface area (Å²) in [7, 11) is 0. The minimum Gasteiger partial charge on any atom is -0.294 e. The van der Waals surface area contributed by atoms with Crippen molar-refractivity contribution in [2.24, 2.45) is 0 Å². The summed E-state index contributed by atoms with van der Waals surface area (Å²) in [5.74, 6) is 1.53. The van der Waals surface area contributed by atoms with Crippen molar-refractivity contribution in [1.82, 2.24) is 19.6 Å². The fourth-order valence-electron chi connectivity index (χ4n) is 3.98. The molecule has 7 heteroatoms. The number of thioether (sulfide) groups is 1. The molecule has 2 aromatic heterocycles. The third-order valence-corrected chi connectivity index (χ3v) is 6.69. The van der Waals surface area contributed by atoms with Gasteiger partial charge in [0.05, 0.1) is 11.3 Å². The van der Waals surface area contributed by atoms with Crippen LogP contribution in [0.4, 0.5) is 0 Å². The Morgan fingerprint density at radius 3 is 2.73 bits per heavy atom. The normalized spacial score (nSPS) is 16.1. The smallest absolute Gasteiger partial charge is 0.253 e. The molecule has 1 aliphatic rings. The number of nitrogens with zero attached hydrogens (tertiary/aromatic N) is 4. The van der Waals surface area contributed by atoms with E-state index in [0.717, 1.165) is 28.5 Å². The summed E-state index contributed by atoms with van der Waals surface area (Å²) in [6.45, 7) is 2.10. The average Bonchev–Trinajstić information content (AvgIpc) is 3.17. The van der Waals surface area contributed by atoms with E-state index in [9.17, 15) is 4.79 Å². The first kappa shape index (κ1) is 19.3. The van der Waals surface area contributed by atoms with Gasteiger partial charge in [0.25, 0.3) is 5.78 Å². The summed E-state index contributed by atoms with van der Waals surface area (Å²) in [6.07, 6.45) is 2.90. The van der Waals surface area contributed by atoms with Gasteiger partial charge in [-0.1, -0.05) is 59.8 Å². The number of fused-ring (bicyclic) bond motifs is 3. The Morgan fingerprint density at radius 2 is 1.93 bits per heavy atom. The molecule has 150 valence electrons. The summed E-state index contributed by atoms with van der Waals surface area (Å²) in [6, 6.07) is 16.0. The average molecular weight is 435 g/mol. The van der Waals surface area contributed by atoms with Crippen molar-refractivity contribution in [1.29, 1.82) is 0 Å². The third kappa shape index (κ3) is 3.61. The van der Waals surface area contributed by atoms with E-state index in [1.165, 1.54) is 11.1 Å². The number of hydrogen-bond acceptors (Lipinski definition) is 5. The molecule has 0 saturated carbocycles. The number of aryl methyl sites for hydroxylation is 1. The lowest BCUT2D eigenvalue weighted by Gasteiger charge is -2.25. The van der Waals surface area contributed by atoms with E-state index < -0.39 is 0 Å². The second-order valence-electron chi connectivity index (χ2n) is 7.52. The zero-order valence-electron chi connectivity index (χ0n) is 16.4. The number of Topliss-reactive ketones (excluding diaryl/α,β-unsaturated/α-hetero) is 1. The monoisotopic (exact) mass is 434 g/mol. The molecule has 0 N–H and O–H groups in total. The van der Waals surface area contributed by atoms with Gasteiger partial charge in [0.1, 0.15) is 0 Å². The number of carbonyl (C=O) groups excluding carboxylic acids is 1. The quantitative estimate of drug-likeness (QED) is 0.408. The van der Waals surface area contributed by atoms with Crippen LogP contribution in [0.3, 0.4) is 0 Å². The molecule has 2 aromatic carbocycles. The minimum atomic E-state index is 0.116. The summed E-state index contributed by atoms with van der Waals surface area (Å²) >= 11 is 7.50. The van der Waals surface area contributed by atoms with Crippen LogP contribution in [0.2, 0.25) is 5.02 Å². The number of hydrogen-bond donors (Lipinski definition) is 0. The largest absolute Gasteiger partial charge is 0.294 e. The van der Waals surface area contributed by atoms with Gasteiger partial charge in [-0.2, -0.15) is 9.50 Å². The summed E-state index contributed by atoms with van der Waals surface area (Å²) in [4.78, 5) is 21.8. The van der Waals surface area contributed by atoms with Crippen molar-refractivity contribution >= 4 is 34.9 Å². The highest BCUT2D eigenvalue weighted by atomic mass is 35.5. The highest BCUT2D eigenvalue weighted by Crippen LogP contribution is 2.34. The predicted octanol–water partition coefficient (Wildman–Crippen LogP) is 5.29. The minimum absolute atomic E-state index is 0.116.